The number of carbonyl (C=O) groups is 2. The van der Waals surface area contributed by atoms with Crippen LogP contribution >= 0.6 is 11.3 Å². The molecule has 5 rings (SSSR count). The summed E-state index contributed by atoms with van der Waals surface area (Å²) in [7, 11) is 0. The predicted molar refractivity (Wildman–Crippen MR) is 146 cm³/mol. The number of amides is 2. The van der Waals surface area contributed by atoms with Crippen molar-refractivity contribution in [2.45, 2.75) is 45.9 Å². The molecule has 39 heavy (non-hydrogen) atoms. The summed E-state index contributed by atoms with van der Waals surface area (Å²) in [4.78, 5) is 31.9. The van der Waals surface area contributed by atoms with Gasteiger partial charge in [-0.25, -0.2) is 9.37 Å². The highest BCUT2D eigenvalue weighted by molar-refractivity contribution is 7.09. The molecule has 1 atom stereocenters. The minimum Gasteiger partial charge on any atom is -0.486 e. The van der Waals surface area contributed by atoms with E-state index in [1.807, 2.05) is 43.0 Å². The topological polar surface area (TPSA) is 84.7 Å². The molecule has 0 unspecified atom stereocenters. The number of hydrogen-bond donors (Lipinski definition) is 1. The molecule has 0 fully saturated rings. The highest BCUT2D eigenvalue weighted by atomic mass is 32.1. The molecule has 7 nitrogen and oxygen atoms in total. The number of carbonyl (C=O) groups excluding carboxylic acids is 2. The van der Waals surface area contributed by atoms with E-state index in [1.165, 1.54) is 23.5 Å². The molecule has 0 aliphatic carbocycles. The van der Waals surface area contributed by atoms with Crippen molar-refractivity contribution in [1.82, 2.24) is 15.2 Å². The van der Waals surface area contributed by atoms with Crippen molar-refractivity contribution >= 4 is 23.2 Å². The Bertz CT molecular complexity index is 1450. The Labute approximate surface area is 230 Å². The van der Waals surface area contributed by atoms with Crippen molar-refractivity contribution in [2.24, 2.45) is 5.92 Å². The third-order valence-electron chi connectivity index (χ3n) is 6.56. The molecule has 2 aromatic carbocycles. The molecular formula is C30H30FN3O4S. The molecule has 1 aliphatic heterocycles. The summed E-state index contributed by atoms with van der Waals surface area (Å²) in [5.74, 6) is 0.930. The monoisotopic (exact) mass is 547 g/mol. The summed E-state index contributed by atoms with van der Waals surface area (Å²) in [6.45, 7) is 5.09. The number of nitrogens with zero attached hydrogens (tertiary/aromatic N) is 2. The third kappa shape index (κ3) is 6.37. The van der Waals surface area contributed by atoms with Gasteiger partial charge in [0, 0.05) is 18.3 Å². The van der Waals surface area contributed by atoms with Crippen LogP contribution in [0.4, 0.5) is 4.39 Å². The van der Waals surface area contributed by atoms with E-state index in [9.17, 15) is 14.0 Å². The Morgan fingerprint density at radius 3 is 2.85 bits per heavy atom. The second kappa shape index (κ2) is 11.8. The maximum Gasteiger partial charge on any atom is 0.271 e. The molecule has 0 radical (unpaired) electrons. The van der Waals surface area contributed by atoms with Gasteiger partial charge in [-0.2, -0.15) is 0 Å². The van der Waals surface area contributed by atoms with Crippen LogP contribution in [-0.4, -0.2) is 28.2 Å². The van der Waals surface area contributed by atoms with Crippen LogP contribution in [0.25, 0.3) is 0 Å². The van der Waals surface area contributed by atoms with Crippen molar-refractivity contribution in [3.63, 3.8) is 0 Å². The largest absolute Gasteiger partial charge is 0.486 e. The van der Waals surface area contributed by atoms with Crippen LogP contribution in [0.5, 0.6) is 5.75 Å². The van der Waals surface area contributed by atoms with Gasteiger partial charge in [0.2, 0.25) is 5.91 Å². The SMILES string of the molecule is CC(C)CC(=O)N1CCc2ccc(OCc3nc(C(=O)NCc4ccco4)cs3)cc2[C@@H]1c1cccc(F)c1. The fourth-order valence-electron chi connectivity index (χ4n) is 4.75. The molecule has 0 spiro atoms. The lowest BCUT2D eigenvalue weighted by atomic mass is 9.87. The quantitative estimate of drug-likeness (QED) is 0.282. The summed E-state index contributed by atoms with van der Waals surface area (Å²) in [6.07, 6.45) is 2.70. The van der Waals surface area contributed by atoms with Crippen LogP contribution in [0.2, 0.25) is 0 Å². The molecular weight excluding hydrogens is 517 g/mol. The van der Waals surface area contributed by atoms with Crippen molar-refractivity contribution in [3.8, 4) is 5.75 Å². The normalized spacial score (nSPS) is 14.8. The fourth-order valence-corrected chi connectivity index (χ4v) is 5.44. The van der Waals surface area contributed by atoms with E-state index >= 15 is 0 Å². The standard InChI is InChI=1S/C30H30FN3O4S/c1-19(2)13-28(35)34-11-10-20-8-9-23(15-25(20)29(34)21-5-3-6-22(31)14-21)38-17-27-33-26(18-39-27)30(36)32-16-24-7-4-12-37-24/h3-9,12,14-15,18-19,29H,10-11,13,16-17H2,1-2H3,(H,32,36)/t29-/m0/s1. The smallest absolute Gasteiger partial charge is 0.271 e. The Kier molecular flexibility index (Phi) is 8.07. The van der Waals surface area contributed by atoms with Gasteiger partial charge in [0.05, 0.1) is 18.8 Å². The Morgan fingerprint density at radius 1 is 1.21 bits per heavy atom. The Balaban J connectivity index is 1.32. The van der Waals surface area contributed by atoms with Crippen LogP contribution in [0.15, 0.2) is 70.7 Å². The van der Waals surface area contributed by atoms with E-state index in [0.717, 1.165) is 16.7 Å². The molecule has 3 heterocycles. The number of fused-ring (bicyclic) bond motifs is 1. The number of ether oxygens (including phenoxy) is 1. The summed E-state index contributed by atoms with van der Waals surface area (Å²) >= 11 is 1.34. The lowest BCUT2D eigenvalue weighted by molar-refractivity contribution is -0.134. The zero-order chi connectivity index (χ0) is 27.4. The highest BCUT2D eigenvalue weighted by Gasteiger charge is 2.32. The third-order valence-corrected chi connectivity index (χ3v) is 7.39. The van der Waals surface area contributed by atoms with Crippen molar-refractivity contribution < 1.29 is 23.1 Å². The van der Waals surface area contributed by atoms with Crippen LogP contribution in [0.3, 0.4) is 0 Å². The van der Waals surface area contributed by atoms with Gasteiger partial charge >= 0.3 is 0 Å². The molecule has 202 valence electrons. The first-order valence-corrected chi connectivity index (χ1v) is 13.8. The van der Waals surface area contributed by atoms with E-state index < -0.39 is 6.04 Å². The van der Waals surface area contributed by atoms with Gasteiger partial charge in [-0.3, -0.25) is 9.59 Å². The first kappa shape index (κ1) is 26.6. The minimum absolute atomic E-state index is 0.0527. The molecule has 0 saturated carbocycles. The van der Waals surface area contributed by atoms with Crippen LogP contribution in [0.1, 0.15) is 64.3 Å². The van der Waals surface area contributed by atoms with Gasteiger partial charge in [0.25, 0.3) is 5.91 Å². The fraction of sp³-hybridized carbons (Fsp3) is 0.300. The molecule has 1 aliphatic rings. The second-order valence-corrected chi connectivity index (χ2v) is 10.9. The molecule has 0 bridgehead atoms. The van der Waals surface area contributed by atoms with E-state index in [1.54, 1.807) is 29.8 Å². The van der Waals surface area contributed by atoms with Gasteiger partial charge in [-0.15, -0.1) is 11.3 Å². The first-order valence-electron chi connectivity index (χ1n) is 12.9. The Morgan fingerprint density at radius 2 is 2.08 bits per heavy atom. The molecule has 9 heteroatoms. The first-order chi connectivity index (χ1) is 18.9. The Hall–Kier alpha value is -3.98. The summed E-state index contributed by atoms with van der Waals surface area (Å²) in [5.41, 5.74) is 3.09. The predicted octanol–water partition coefficient (Wildman–Crippen LogP) is 5.90. The maximum atomic E-state index is 14.2. The summed E-state index contributed by atoms with van der Waals surface area (Å²) < 4.78 is 25.5. The van der Waals surface area contributed by atoms with Crippen molar-refractivity contribution in [3.05, 3.63) is 105 Å². The van der Waals surface area contributed by atoms with Gasteiger partial charge in [0.1, 0.15) is 34.6 Å². The van der Waals surface area contributed by atoms with E-state index in [-0.39, 0.29) is 36.7 Å². The average Bonchev–Trinajstić information content (AvgIpc) is 3.62. The highest BCUT2D eigenvalue weighted by Crippen LogP contribution is 2.38. The van der Waals surface area contributed by atoms with Gasteiger partial charge in [-0.05, 0) is 65.4 Å². The molecule has 1 N–H and O–H groups in total. The molecule has 0 saturated heterocycles. The number of thiazole rings is 1. The summed E-state index contributed by atoms with van der Waals surface area (Å²) in [5, 5.41) is 5.14. The number of halogens is 1. The number of hydrogen-bond acceptors (Lipinski definition) is 6. The van der Waals surface area contributed by atoms with E-state index in [0.29, 0.717) is 41.6 Å². The van der Waals surface area contributed by atoms with Gasteiger partial charge < -0.3 is 19.4 Å². The average molecular weight is 548 g/mol. The number of rotatable bonds is 9. The molecule has 2 aromatic heterocycles. The second-order valence-electron chi connectivity index (χ2n) is 9.93. The number of aromatic nitrogens is 1. The van der Waals surface area contributed by atoms with E-state index in [4.69, 9.17) is 9.15 Å². The van der Waals surface area contributed by atoms with Crippen molar-refractivity contribution in [1.29, 1.82) is 0 Å². The molecule has 2 amide bonds. The van der Waals surface area contributed by atoms with Crippen LogP contribution < -0.4 is 10.1 Å². The number of furan rings is 1. The van der Waals surface area contributed by atoms with E-state index in [2.05, 4.69) is 10.3 Å². The maximum absolute atomic E-state index is 14.2. The van der Waals surface area contributed by atoms with Gasteiger partial charge in [-0.1, -0.05) is 32.0 Å². The number of nitrogens with one attached hydrogen (secondary N) is 1. The lowest BCUT2D eigenvalue weighted by Gasteiger charge is -2.38. The van der Waals surface area contributed by atoms with Crippen LogP contribution in [0, 0.1) is 11.7 Å². The van der Waals surface area contributed by atoms with Crippen molar-refractivity contribution in [2.75, 3.05) is 6.54 Å². The minimum atomic E-state index is -0.399. The zero-order valence-electron chi connectivity index (χ0n) is 21.9. The lowest BCUT2D eigenvalue weighted by Crippen LogP contribution is -2.41. The van der Waals surface area contributed by atoms with Gasteiger partial charge in [0.15, 0.2) is 0 Å². The number of benzene rings is 2. The zero-order valence-corrected chi connectivity index (χ0v) is 22.7. The molecule has 4 aromatic rings. The summed E-state index contributed by atoms with van der Waals surface area (Å²) in [6, 6.07) is 15.4. The van der Waals surface area contributed by atoms with Crippen LogP contribution in [-0.2, 0) is 24.4 Å².